The van der Waals surface area contributed by atoms with Crippen LogP contribution >= 0.6 is 11.6 Å². The highest BCUT2D eigenvalue weighted by atomic mass is 35.5. The molecule has 0 bridgehead atoms. The first-order valence-corrected chi connectivity index (χ1v) is 4.55. The fourth-order valence-corrected chi connectivity index (χ4v) is 1.83. The second-order valence-corrected chi connectivity index (χ2v) is 4.27. The Hall–Kier alpha value is 0.01000. The molecule has 1 fully saturated rings. The zero-order chi connectivity index (χ0) is 9.19. The van der Waals surface area contributed by atoms with Crippen molar-refractivity contribution in [2.24, 2.45) is 0 Å². The third-order valence-electron chi connectivity index (χ3n) is 2.25. The van der Waals surface area contributed by atoms with Gasteiger partial charge in [-0.2, -0.15) is 0 Å². The lowest BCUT2D eigenvalue weighted by atomic mass is 10.1. The summed E-state index contributed by atoms with van der Waals surface area (Å²) in [6.45, 7) is 2.02. The quantitative estimate of drug-likeness (QED) is 0.408. The number of hydrogen-bond donors (Lipinski definition) is 0. The molecule has 0 spiro atoms. The smallest absolute Gasteiger partial charge is 0.404 e. The van der Waals surface area contributed by atoms with Crippen molar-refractivity contribution in [1.29, 1.82) is 0 Å². The number of quaternary nitrogens is 1. The molecular weight excluding hydrogens is 213 g/mol. The molecule has 0 aliphatic carbocycles. The first-order chi connectivity index (χ1) is 5.49. The normalized spacial score (nSPS) is 25.9. The van der Waals surface area contributed by atoms with E-state index in [1.54, 1.807) is 0 Å². The van der Waals surface area contributed by atoms with Crippen molar-refractivity contribution < 1.29 is 26.4 Å². The lowest BCUT2D eigenvalue weighted by Crippen LogP contribution is -3.00. The molecule has 78 valence electrons. The molecule has 1 unspecified atom stereocenters. The van der Waals surface area contributed by atoms with Crippen LogP contribution in [0.2, 0.25) is 0 Å². The van der Waals surface area contributed by atoms with E-state index in [9.17, 15) is 4.79 Å². The largest absolute Gasteiger partial charge is 1.00 e. The monoisotopic (exact) mass is 227 g/mol. The number of piperidine rings is 1. The molecule has 0 saturated carbocycles. The number of halogens is 2. The third kappa shape index (κ3) is 4.69. The SMILES string of the molecule is C[N+]1(C)CCCC(OC(=O)Cl)C1.[Cl-]. The molecule has 0 radical (unpaired) electrons. The van der Waals surface area contributed by atoms with Crippen LogP contribution in [0, 0.1) is 0 Å². The molecule has 1 saturated heterocycles. The van der Waals surface area contributed by atoms with Crippen molar-refractivity contribution in [3.63, 3.8) is 0 Å². The van der Waals surface area contributed by atoms with Crippen molar-refractivity contribution >= 4 is 17.0 Å². The molecule has 0 amide bonds. The lowest BCUT2D eigenvalue weighted by Gasteiger charge is -2.37. The number of hydrogen-bond acceptors (Lipinski definition) is 2. The molecule has 0 aromatic carbocycles. The number of rotatable bonds is 1. The molecule has 13 heavy (non-hydrogen) atoms. The topological polar surface area (TPSA) is 26.3 Å². The second kappa shape index (κ2) is 5.03. The van der Waals surface area contributed by atoms with Crippen molar-refractivity contribution in [2.75, 3.05) is 27.2 Å². The fourth-order valence-electron chi connectivity index (χ4n) is 1.71. The number of ether oxygens (including phenoxy) is 1. The van der Waals surface area contributed by atoms with Gasteiger partial charge in [0.05, 0.1) is 20.6 Å². The Labute approximate surface area is 90.0 Å². The zero-order valence-electron chi connectivity index (χ0n) is 7.93. The van der Waals surface area contributed by atoms with Gasteiger partial charge in [0.2, 0.25) is 0 Å². The summed E-state index contributed by atoms with van der Waals surface area (Å²) in [6, 6.07) is 0. The van der Waals surface area contributed by atoms with Crippen molar-refractivity contribution in [3.8, 4) is 0 Å². The van der Waals surface area contributed by atoms with Crippen LogP contribution in [-0.4, -0.2) is 43.2 Å². The van der Waals surface area contributed by atoms with Gasteiger partial charge in [0.15, 0.2) is 6.10 Å². The molecule has 1 aliphatic heterocycles. The molecule has 5 heteroatoms. The Morgan fingerprint density at radius 1 is 1.54 bits per heavy atom. The van der Waals surface area contributed by atoms with Crippen LogP contribution in [-0.2, 0) is 4.74 Å². The summed E-state index contributed by atoms with van der Waals surface area (Å²) < 4.78 is 5.85. The van der Waals surface area contributed by atoms with Crippen LogP contribution in [0.3, 0.4) is 0 Å². The van der Waals surface area contributed by atoms with Crippen LogP contribution < -0.4 is 12.4 Å². The van der Waals surface area contributed by atoms with Crippen LogP contribution in [0.4, 0.5) is 4.79 Å². The minimum absolute atomic E-state index is 0. The maximum absolute atomic E-state index is 10.5. The van der Waals surface area contributed by atoms with Crippen molar-refractivity contribution in [1.82, 2.24) is 0 Å². The predicted molar refractivity (Wildman–Crippen MR) is 47.2 cm³/mol. The molecule has 3 nitrogen and oxygen atoms in total. The second-order valence-electron chi connectivity index (χ2n) is 3.96. The number of nitrogens with zero attached hydrogens (tertiary/aromatic N) is 1. The van der Waals surface area contributed by atoms with Crippen LogP contribution in [0.1, 0.15) is 12.8 Å². The Bertz CT molecular complexity index is 185. The summed E-state index contributed by atoms with van der Waals surface area (Å²) in [6.07, 6.45) is 2.06. The average Bonchev–Trinajstić information content (AvgIpc) is 1.82. The Morgan fingerprint density at radius 2 is 2.15 bits per heavy atom. The summed E-state index contributed by atoms with van der Waals surface area (Å²) in [5.74, 6) is 0. The van der Waals surface area contributed by atoms with Gasteiger partial charge in [-0.3, -0.25) is 0 Å². The summed E-state index contributed by atoms with van der Waals surface area (Å²) in [5, 5.41) is 0. The first-order valence-electron chi connectivity index (χ1n) is 4.18. The fraction of sp³-hybridized carbons (Fsp3) is 0.875. The van der Waals surface area contributed by atoms with E-state index in [4.69, 9.17) is 16.3 Å². The number of likely N-dealkylation sites (tertiary alicyclic amines) is 1. The van der Waals surface area contributed by atoms with E-state index in [2.05, 4.69) is 14.1 Å². The Morgan fingerprint density at radius 3 is 2.62 bits per heavy atom. The third-order valence-corrected chi connectivity index (χ3v) is 2.34. The predicted octanol–water partition coefficient (Wildman–Crippen LogP) is -1.40. The molecule has 0 N–H and O–H groups in total. The molecular formula is C8H15Cl2NO2. The van der Waals surface area contributed by atoms with E-state index in [-0.39, 0.29) is 18.5 Å². The van der Waals surface area contributed by atoms with Gasteiger partial charge in [-0.25, -0.2) is 4.79 Å². The van der Waals surface area contributed by atoms with Gasteiger partial charge in [0.1, 0.15) is 6.54 Å². The average molecular weight is 228 g/mol. The van der Waals surface area contributed by atoms with Crippen LogP contribution in [0.15, 0.2) is 0 Å². The van der Waals surface area contributed by atoms with E-state index >= 15 is 0 Å². The van der Waals surface area contributed by atoms with E-state index in [1.165, 1.54) is 0 Å². The molecule has 1 rings (SSSR count). The van der Waals surface area contributed by atoms with Gasteiger partial charge in [-0.15, -0.1) is 0 Å². The van der Waals surface area contributed by atoms with Gasteiger partial charge >= 0.3 is 5.43 Å². The number of likely N-dealkylation sites (N-methyl/N-ethyl adjacent to an activating group) is 1. The molecule has 0 aromatic rings. The van der Waals surface area contributed by atoms with E-state index < -0.39 is 5.43 Å². The van der Waals surface area contributed by atoms with E-state index in [0.29, 0.717) is 0 Å². The maximum atomic E-state index is 10.5. The van der Waals surface area contributed by atoms with Gasteiger partial charge in [0, 0.05) is 18.0 Å². The highest BCUT2D eigenvalue weighted by Crippen LogP contribution is 2.17. The van der Waals surface area contributed by atoms with E-state index in [0.717, 1.165) is 30.4 Å². The standard InChI is InChI=1S/C8H15ClNO2.ClH/c1-10(2)5-3-4-7(6-10)12-8(9)11;/h7H,3-6H2,1-2H3;1H/q+1;/p-1. The Kier molecular flexibility index (Phi) is 5.04. The van der Waals surface area contributed by atoms with Gasteiger partial charge in [0.25, 0.3) is 0 Å². The number of carbonyl (C=O) groups is 1. The summed E-state index contributed by atoms with van der Waals surface area (Å²) >= 11 is 5.14. The zero-order valence-corrected chi connectivity index (χ0v) is 9.44. The first kappa shape index (κ1) is 13.0. The van der Waals surface area contributed by atoms with Gasteiger partial charge < -0.3 is 21.6 Å². The molecule has 1 heterocycles. The number of carbonyl (C=O) groups excluding carboxylic acids is 1. The Balaban J connectivity index is 0.00000144. The minimum Gasteiger partial charge on any atom is -1.00 e. The summed E-state index contributed by atoms with van der Waals surface area (Å²) in [7, 11) is 4.27. The highest BCUT2D eigenvalue weighted by molar-refractivity contribution is 6.61. The van der Waals surface area contributed by atoms with Gasteiger partial charge in [-0.05, 0) is 6.42 Å². The van der Waals surface area contributed by atoms with Crippen molar-refractivity contribution in [3.05, 3.63) is 0 Å². The highest BCUT2D eigenvalue weighted by Gasteiger charge is 2.29. The van der Waals surface area contributed by atoms with Crippen LogP contribution in [0.5, 0.6) is 0 Å². The van der Waals surface area contributed by atoms with Crippen LogP contribution in [0.25, 0.3) is 0 Å². The molecule has 1 aliphatic rings. The van der Waals surface area contributed by atoms with Gasteiger partial charge in [-0.1, -0.05) is 0 Å². The lowest BCUT2D eigenvalue weighted by molar-refractivity contribution is -0.898. The molecule has 1 atom stereocenters. The summed E-state index contributed by atoms with van der Waals surface area (Å²) in [4.78, 5) is 10.5. The maximum Gasteiger partial charge on any atom is 0.404 e. The van der Waals surface area contributed by atoms with E-state index in [1.807, 2.05) is 0 Å². The molecule has 0 aromatic heterocycles. The van der Waals surface area contributed by atoms with Crippen molar-refractivity contribution in [2.45, 2.75) is 18.9 Å². The minimum atomic E-state index is -0.679. The summed E-state index contributed by atoms with van der Waals surface area (Å²) in [5.41, 5.74) is -0.679.